The molecule has 0 radical (unpaired) electrons. The Morgan fingerprint density at radius 3 is 2.17 bits per heavy atom. The summed E-state index contributed by atoms with van der Waals surface area (Å²) in [6, 6.07) is 18.1. The van der Waals surface area contributed by atoms with Crippen LogP contribution in [0.1, 0.15) is 30.9 Å². The van der Waals surface area contributed by atoms with Gasteiger partial charge in [0.15, 0.2) is 0 Å². The van der Waals surface area contributed by atoms with Crippen molar-refractivity contribution in [3.8, 4) is 17.2 Å². The van der Waals surface area contributed by atoms with E-state index in [9.17, 15) is 4.79 Å². The van der Waals surface area contributed by atoms with Gasteiger partial charge in [-0.1, -0.05) is 43.0 Å². The molecular formula is C21H21NO2. The number of esters is 1. The van der Waals surface area contributed by atoms with Crippen LogP contribution in [-0.4, -0.2) is 12.6 Å². The molecule has 2 rings (SSSR count). The maximum Gasteiger partial charge on any atom is 0.333 e. The van der Waals surface area contributed by atoms with Gasteiger partial charge in [-0.25, -0.2) is 4.79 Å². The second-order valence-electron chi connectivity index (χ2n) is 5.76. The first-order chi connectivity index (χ1) is 11.6. The van der Waals surface area contributed by atoms with Crippen LogP contribution in [0.3, 0.4) is 0 Å². The molecule has 2 aromatic carbocycles. The van der Waals surface area contributed by atoms with Crippen molar-refractivity contribution >= 4 is 5.97 Å². The molecule has 0 saturated carbocycles. The van der Waals surface area contributed by atoms with E-state index in [0.29, 0.717) is 17.7 Å². The van der Waals surface area contributed by atoms with Gasteiger partial charge in [0.05, 0.1) is 18.2 Å². The average molecular weight is 319 g/mol. The first-order valence-corrected chi connectivity index (χ1v) is 8.02. The summed E-state index contributed by atoms with van der Waals surface area (Å²) in [5.74, 6) is -0.318. The van der Waals surface area contributed by atoms with Gasteiger partial charge in [0, 0.05) is 5.57 Å². The molecule has 0 fully saturated rings. The Morgan fingerprint density at radius 1 is 1.04 bits per heavy atom. The summed E-state index contributed by atoms with van der Waals surface area (Å²) in [7, 11) is 0. The van der Waals surface area contributed by atoms with Crippen LogP contribution >= 0.6 is 0 Å². The van der Waals surface area contributed by atoms with Crippen LogP contribution in [0, 0.1) is 11.3 Å². The third kappa shape index (κ3) is 5.10. The predicted octanol–water partition coefficient (Wildman–Crippen LogP) is 4.67. The topological polar surface area (TPSA) is 50.1 Å². The van der Waals surface area contributed by atoms with Crippen LogP contribution in [0.5, 0.6) is 0 Å². The number of carbonyl (C=O) groups is 1. The Balaban J connectivity index is 1.80. The summed E-state index contributed by atoms with van der Waals surface area (Å²) in [6.45, 7) is 5.64. The summed E-state index contributed by atoms with van der Waals surface area (Å²) < 4.78 is 5.08. The molecule has 0 unspecified atom stereocenters. The van der Waals surface area contributed by atoms with Crippen molar-refractivity contribution in [1.82, 2.24) is 0 Å². The van der Waals surface area contributed by atoms with Gasteiger partial charge in [-0.3, -0.25) is 0 Å². The molecular weight excluding hydrogens is 298 g/mol. The standard InChI is InChI=1S/C21H21NO2/c1-16(2)21(23)24-14-4-3-5-17-6-10-19(11-7-17)20-12-8-18(15-22)9-13-20/h6-13H,1,3-5,14H2,2H3. The number of benzene rings is 2. The lowest BCUT2D eigenvalue weighted by atomic mass is 10.0. The fourth-order valence-electron chi connectivity index (χ4n) is 2.32. The molecule has 0 aromatic heterocycles. The van der Waals surface area contributed by atoms with Crippen molar-refractivity contribution in [3.63, 3.8) is 0 Å². The highest BCUT2D eigenvalue weighted by molar-refractivity contribution is 5.86. The number of ether oxygens (including phenoxy) is 1. The van der Waals surface area contributed by atoms with Crippen molar-refractivity contribution in [1.29, 1.82) is 5.26 Å². The molecule has 3 nitrogen and oxygen atoms in total. The Bertz CT molecular complexity index is 737. The quantitative estimate of drug-likeness (QED) is 0.423. The Labute approximate surface area is 143 Å². The van der Waals surface area contributed by atoms with Crippen molar-refractivity contribution in [2.45, 2.75) is 26.2 Å². The number of rotatable bonds is 7. The molecule has 0 saturated heterocycles. The van der Waals surface area contributed by atoms with E-state index < -0.39 is 0 Å². The second-order valence-corrected chi connectivity index (χ2v) is 5.76. The fourth-order valence-corrected chi connectivity index (χ4v) is 2.32. The summed E-state index contributed by atoms with van der Waals surface area (Å²) in [5.41, 5.74) is 4.61. The van der Waals surface area contributed by atoms with E-state index >= 15 is 0 Å². The third-order valence-corrected chi connectivity index (χ3v) is 3.74. The largest absolute Gasteiger partial charge is 0.462 e. The third-order valence-electron chi connectivity index (χ3n) is 3.74. The van der Waals surface area contributed by atoms with Crippen molar-refractivity contribution in [3.05, 3.63) is 71.8 Å². The lowest BCUT2D eigenvalue weighted by Crippen LogP contribution is -2.06. The van der Waals surface area contributed by atoms with E-state index in [-0.39, 0.29) is 5.97 Å². The number of hydrogen-bond donors (Lipinski definition) is 0. The van der Waals surface area contributed by atoms with Gasteiger partial charge in [0.25, 0.3) is 0 Å². The first-order valence-electron chi connectivity index (χ1n) is 8.02. The molecule has 0 bridgehead atoms. The minimum Gasteiger partial charge on any atom is -0.462 e. The number of carbonyl (C=O) groups excluding carboxylic acids is 1. The summed E-state index contributed by atoms with van der Waals surface area (Å²) >= 11 is 0. The Kier molecular flexibility index (Phi) is 6.33. The molecule has 0 N–H and O–H groups in total. The Hall–Kier alpha value is -2.86. The van der Waals surface area contributed by atoms with Crippen molar-refractivity contribution in [2.24, 2.45) is 0 Å². The van der Waals surface area contributed by atoms with Crippen LogP contribution in [0.25, 0.3) is 11.1 Å². The molecule has 0 aliphatic rings. The lowest BCUT2D eigenvalue weighted by molar-refractivity contribution is -0.139. The zero-order valence-corrected chi connectivity index (χ0v) is 13.9. The monoisotopic (exact) mass is 319 g/mol. The van der Waals surface area contributed by atoms with Gasteiger partial charge < -0.3 is 4.74 Å². The normalized spacial score (nSPS) is 10.0. The molecule has 0 spiro atoms. The first kappa shape index (κ1) is 17.5. The van der Waals surface area contributed by atoms with E-state index in [1.54, 1.807) is 6.92 Å². The minimum absolute atomic E-state index is 0.318. The van der Waals surface area contributed by atoms with Crippen molar-refractivity contribution in [2.75, 3.05) is 6.61 Å². The predicted molar refractivity (Wildman–Crippen MR) is 95.3 cm³/mol. The number of unbranched alkanes of at least 4 members (excludes halogenated alkanes) is 1. The number of nitrogens with zero attached hydrogens (tertiary/aromatic N) is 1. The summed E-state index contributed by atoms with van der Waals surface area (Å²) in [5, 5.41) is 8.83. The van der Waals surface area contributed by atoms with E-state index in [2.05, 4.69) is 36.9 Å². The lowest BCUT2D eigenvalue weighted by Gasteiger charge is -2.06. The van der Waals surface area contributed by atoms with E-state index in [4.69, 9.17) is 10.00 Å². The van der Waals surface area contributed by atoms with Crippen LogP contribution < -0.4 is 0 Å². The summed E-state index contributed by atoms with van der Waals surface area (Å²) in [6.07, 6.45) is 2.77. The van der Waals surface area contributed by atoms with Crippen molar-refractivity contribution < 1.29 is 9.53 Å². The molecule has 122 valence electrons. The van der Waals surface area contributed by atoms with E-state index in [0.717, 1.165) is 30.4 Å². The maximum atomic E-state index is 11.2. The van der Waals surface area contributed by atoms with Gasteiger partial charge in [0.1, 0.15) is 0 Å². The van der Waals surface area contributed by atoms with Crippen LogP contribution in [-0.2, 0) is 16.0 Å². The molecule has 2 aromatic rings. The number of nitriles is 1. The zero-order chi connectivity index (χ0) is 17.4. The zero-order valence-electron chi connectivity index (χ0n) is 13.9. The summed E-state index contributed by atoms with van der Waals surface area (Å²) in [4.78, 5) is 11.2. The maximum absolute atomic E-state index is 11.2. The molecule has 0 amide bonds. The minimum atomic E-state index is -0.318. The van der Waals surface area contributed by atoms with Gasteiger partial charge in [-0.2, -0.15) is 5.26 Å². The average Bonchev–Trinajstić information content (AvgIpc) is 2.62. The molecule has 0 atom stereocenters. The number of hydrogen-bond acceptors (Lipinski definition) is 3. The van der Waals surface area contributed by atoms with Crippen LogP contribution in [0.4, 0.5) is 0 Å². The molecule has 24 heavy (non-hydrogen) atoms. The molecule has 3 heteroatoms. The highest BCUT2D eigenvalue weighted by Gasteiger charge is 2.03. The fraction of sp³-hybridized carbons (Fsp3) is 0.238. The SMILES string of the molecule is C=C(C)C(=O)OCCCCc1ccc(-c2ccc(C#N)cc2)cc1. The van der Waals surface area contributed by atoms with Crippen LogP contribution in [0.15, 0.2) is 60.7 Å². The smallest absolute Gasteiger partial charge is 0.333 e. The number of aryl methyl sites for hydroxylation is 1. The van der Waals surface area contributed by atoms with E-state index in [1.165, 1.54) is 5.56 Å². The van der Waals surface area contributed by atoms with Gasteiger partial charge in [-0.15, -0.1) is 0 Å². The molecule has 0 aliphatic carbocycles. The molecule has 0 heterocycles. The highest BCUT2D eigenvalue weighted by atomic mass is 16.5. The highest BCUT2D eigenvalue weighted by Crippen LogP contribution is 2.20. The second kappa shape index (κ2) is 8.69. The van der Waals surface area contributed by atoms with Crippen LogP contribution in [0.2, 0.25) is 0 Å². The van der Waals surface area contributed by atoms with Gasteiger partial charge in [-0.05, 0) is 55.0 Å². The Morgan fingerprint density at radius 2 is 1.62 bits per heavy atom. The van der Waals surface area contributed by atoms with E-state index in [1.807, 2.05) is 24.3 Å². The molecule has 0 aliphatic heterocycles. The van der Waals surface area contributed by atoms with Gasteiger partial charge >= 0.3 is 5.97 Å². The van der Waals surface area contributed by atoms with Gasteiger partial charge in [0.2, 0.25) is 0 Å².